The first-order valence-corrected chi connectivity index (χ1v) is 5.32. The topological polar surface area (TPSA) is 78.9 Å². The van der Waals surface area contributed by atoms with Gasteiger partial charge in [-0.05, 0) is 28.1 Å². The van der Waals surface area contributed by atoms with Crippen LogP contribution in [0.3, 0.4) is 0 Å². The molecule has 0 radical (unpaired) electrons. The molecule has 0 atom stereocenters. The van der Waals surface area contributed by atoms with Crippen LogP contribution in [0.2, 0.25) is 0 Å². The molecule has 0 spiro atoms. The Balaban J connectivity index is 2.37. The molecule has 0 aliphatic carbocycles. The van der Waals surface area contributed by atoms with Gasteiger partial charge in [0.1, 0.15) is 5.69 Å². The molecule has 5 nitrogen and oxygen atoms in total. The van der Waals surface area contributed by atoms with E-state index in [-0.39, 0.29) is 6.42 Å². The van der Waals surface area contributed by atoms with Crippen LogP contribution in [-0.4, -0.2) is 26.3 Å². The third kappa shape index (κ3) is 2.11. The summed E-state index contributed by atoms with van der Waals surface area (Å²) in [6, 6.07) is 3.66. The van der Waals surface area contributed by atoms with Gasteiger partial charge in [-0.15, -0.1) is 0 Å². The van der Waals surface area contributed by atoms with Gasteiger partial charge in [-0.3, -0.25) is 14.9 Å². The Morgan fingerprint density at radius 3 is 3.00 bits per heavy atom. The van der Waals surface area contributed by atoms with Crippen molar-refractivity contribution in [3.8, 4) is 11.3 Å². The van der Waals surface area contributed by atoms with Crippen molar-refractivity contribution < 1.29 is 9.90 Å². The van der Waals surface area contributed by atoms with Crippen LogP contribution in [0.1, 0.15) is 5.69 Å². The predicted octanol–water partition coefficient (Wildman–Crippen LogP) is 1.86. The second kappa shape index (κ2) is 4.44. The number of aliphatic carboxylic acids is 1. The Kier molecular flexibility index (Phi) is 3.00. The number of H-pyrrole nitrogens is 1. The van der Waals surface area contributed by atoms with E-state index in [9.17, 15) is 4.79 Å². The predicted molar refractivity (Wildman–Crippen MR) is 60.9 cm³/mol. The average molecular weight is 282 g/mol. The normalized spacial score (nSPS) is 10.3. The molecule has 6 heteroatoms. The Hall–Kier alpha value is -1.69. The molecule has 0 saturated heterocycles. The van der Waals surface area contributed by atoms with Crippen LogP contribution in [0, 0.1) is 0 Å². The number of aromatic nitrogens is 3. The molecule has 0 aliphatic rings. The summed E-state index contributed by atoms with van der Waals surface area (Å²) in [6.07, 6.45) is 3.25. The number of halogens is 1. The van der Waals surface area contributed by atoms with Crippen molar-refractivity contribution in [1.82, 2.24) is 15.2 Å². The molecule has 2 aromatic heterocycles. The molecule has 0 fully saturated rings. The summed E-state index contributed by atoms with van der Waals surface area (Å²) in [7, 11) is 0. The van der Waals surface area contributed by atoms with Gasteiger partial charge < -0.3 is 5.11 Å². The van der Waals surface area contributed by atoms with Gasteiger partial charge in [0.2, 0.25) is 0 Å². The van der Waals surface area contributed by atoms with E-state index in [1.54, 1.807) is 18.5 Å². The highest BCUT2D eigenvalue weighted by atomic mass is 79.9. The maximum atomic E-state index is 10.6. The van der Waals surface area contributed by atoms with Gasteiger partial charge in [-0.1, -0.05) is 0 Å². The first-order valence-electron chi connectivity index (χ1n) is 4.53. The molecular formula is C10H8BrN3O2. The molecule has 0 bridgehead atoms. The summed E-state index contributed by atoms with van der Waals surface area (Å²) in [5.41, 5.74) is 2.05. The molecule has 2 heterocycles. The van der Waals surface area contributed by atoms with Crippen LogP contribution in [-0.2, 0) is 11.2 Å². The van der Waals surface area contributed by atoms with Gasteiger partial charge in [-0.25, -0.2) is 0 Å². The van der Waals surface area contributed by atoms with Crippen LogP contribution in [0.25, 0.3) is 11.3 Å². The highest BCUT2D eigenvalue weighted by Crippen LogP contribution is 2.28. The summed E-state index contributed by atoms with van der Waals surface area (Å²) in [5.74, 6) is -0.901. The second-order valence-corrected chi connectivity index (χ2v) is 3.97. The summed E-state index contributed by atoms with van der Waals surface area (Å²) >= 11 is 3.33. The van der Waals surface area contributed by atoms with E-state index >= 15 is 0 Å². The molecule has 0 aromatic carbocycles. The summed E-state index contributed by atoms with van der Waals surface area (Å²) < 4.78 is 0.669. The quantitative estimate of drug-likeness (QED) is 0.900. The van der Waals surface area contributed by atoms with E-state index < -0.39 is 5.97 Å². The van der Waals surface area contributed by atoms with Crippen LogP contribution >= 0.6 is 15.9 Å². The fraction of sp³-hybridized carbons (Fsp3) is 0.100. The van der Waals surface area contributed by atoms with Gasteiger partial charge in [-0.2, -0.15) is 5.10 Å². The van der Waals surface area contributed by atoms with Crippen LogP contribution in [0.5, 0.6) is 0 Å². The van der Waals surface area contributed by atoms with E-state index in [1.165, 1.54) is 0 Å². The smallest absolute Gasteiger partial charge is 0.309 e. The Labute approximate surface area is 99.7 Å². The third-order valence-electron chi connectivity index (χ3n) is 2.04. The zero-order chi connectivity index (χ0) is 11.5. The standard InChI is InChI=1S/C10H8BrN3O2/c11-9-7(4-8(15)16)13-14-10(9)6-2-1-3-12-5-6/h1-3,5H,4H2,(H,13,14)(H,15,16). The summed E-state index contributed by atoms with van der Waals surface area (Å²) in [5, 5.41) is 15.5. The number of hydrogen-bond donors (Lipinski definition) is 2. The summed E-state index contributed by atoms with van der Waals surface area (Å²) in [4.78, 5) is 14.6. The third-order valence-corrected chi connectivity index (χ3v) is 2.89. The molecule has 0 amide bonds. The van der Waals surface area contributed by atoms with Crippen molar-refractivity contribution in [2.45, 2.75) is 6.42 Å². The number of rotatable bonds is 3. The van der Waals surface area contributed by atoms with Crippen molar-refractivity contribution in [2.75, 3.05) is 0 Å². The number of hydrogen-bond acceptors (Lipinski definition) is 3. The minimum absolute atomic E-state index is 0.0894. The fourth-order valence-corrected chi connectivity index (χ4v) is 1.87. The first-order chi connectivity index (χ1) is 7.68. The SMILES string of the molecule is O=C(O)Cc1[nH]nc(-c2cccnc2)c1Br. The molecule has 0 aliphatic heterocycles. The maximum absolute atomic E-state index is 10.6. The molecule has 0 saturated carbocycles. The monoisotopic (exact) mass is 281 g/mol. The molecule has 2 rings (SSSR count). The van der Waals surface area contributed by atoms with Gasteiger partial charge in [0.15, 0.2) is 0 Å². The molecule has 16 heavy (non-hydrogen) atoms. The lowest BCUT2D eigenvalue weighted by molar-refractivity contribution is -0.136. The van der Waals surface area contributed by atoms with Crippen LogP contribution in [0.4, 0.5) is 0 Å². The van der Waals surface area contributed by atoms with Gasteiger partial charge in [0.25, 0.3) is 0 Å². The largest absolute Gasteiger partial charge is 0.481 e. The number of nitrogens with zero attached hydrogens (tertiary/aromatic N) is 2. The Morgan fingerprint density at radius 1 is 1.56 bits per heavy atom. The fourth-order valence-electron chi connectivity index (χ4n) is 1.33. The molecule has 2 aromatic rings. The van der Waals surface area contributed by atoms with E-state index in [2.05, 4.69) is 31.1 Å². The Morgan fingerprint density at radius 2 is 2.38 bits per heavy atom. The lowest BCUT2D eigenvalue weighted by Gasteiger charge is -1.96. The van der Waals surface area contributed by atoms with Crippen molar-refractivity contribution >= 4 is 21.9 Å². The molecule has 2 N–H and O–H groups in total. The number of aromatic amines is 1. The van der Waals surface area contributed by atoms with Crippen molar-refractivity contribution in [1.29, 1.82) is 0 Å². The molecule has 0 unspecified atom stereocenters. The van der Waals surface area contributed by atoms with E-state index in [0.29, 0.717) is 15.9 Å². The number of carboxylic acids is 1. The van der Waals surface area contributed by atoms with Gasteiger partial charge >= 0.3 is 5.97 Å². The van der Waals surface area contributed by atoms with Gasteiger partial charge in [0, 0.05) is 18.0 Å². The number of pyridine rings is 1. The van der Waals surface area contributed by atoms with E-state index in [0.717, 1.165) is 5.56 Å². The average Bonchev–Trinajstić information content (AvgIpc) is 2.61. The first kappa shape index (κ1) is 10.8. The van der Waals surface area contributed by atoms with Crippen LogP contribution < -0.4 is 0 Å². The lowest BCUT2D eigenvalue weighted by Crippen LogP contribution is -2.00. The minimum atomic E-state index is -0.901. The minimum Gasteiger partial charge on any atom is -0.481 e. The van der Waals surface area contributed by atoms with Crippen LogP contribution in [0.15, 0.2) is 29.0 Å². The Bertz CT molecular complexity index is 510. The molecule has 82 valence electrons. The zero-order valence-electron chi connectivity index (χ0n) is 8.14. The van der Waals surface area contributed by atoms with Crippen molar-refractivity contribution in [3.05, 3.63) is 34.7 Å². The number of carbonyl (C=O) groups is 1. The van der Waals surface area contributed by atoms with E-state index in [1.807, 2.05) is 6.07 Å². The highest BCUT2D eigenvalue weighted by Gasteiger charge is 2.14. The maximum Gasteiger partial charge on any atom is 0.309 e. The number of nitrogens with one attached hydrogen (secondary N) is 1. The van der Waals surface area contributed by atoms with Gasteiger partial charge in [0.05, 0.1) is 16.6 Å². The zero-order valence-corrected chi connectivity index (χ0v) is 9.73. The second-order valence-electron chi connectivity index (χ2n) is 3.18. The van der Waals surface area contributed by atoms with Crippen molar-refractivity contribution in [2.24, 2.45) is 0 Å². The number of carboxylic acid groups (broad SMARTS) is 1. The molecular weight excluding hydrogens is 274 g/mol. The highest BCUT2D eigenvalue weighted by molar-refractivity contribution is 9.10. The lowest BCUT2D eigenvalue weighted by atomic mass is 10.2. The van der Waals surface area contributed by atoms with Crippen molar-refractivity contribution in [3.63, 3.8) is 0 Å². The van der Waals surface area contributed by atoms with E-state index in [4.69, 9.17) is 5.11 Å². The summed E-state index contributed by atoms with van der Waals surface area (Å²) in [6.45, 7) is 0.